The topological polar surface area (TPSA) is 95.5 Å². The second-order valence-electron chi connectivity index (χ2n) is 7.38. The molecule has 2 aliphatic carbocycles. The van der Waals surface area contributed by atoms with Crippen molar-refractivity contribution in [3.05, 3.63) is 29.8 Å². The van der Waals surface area contributed by atoms with Crippen molar-refractivity contribution >= 4 is 23.5 Å². The molecule has 140 valence electrons. The van der Waals surface area contributed by atoms with Crippen molar-refractivity contribution in [1.29, 1.82) is 0 Å². The highest BCUT2D eigenvalue weighted by Gasteiger charge is 2.53. The van der Waals surface area contributed by atoms with Gasteiger partial charge in [-0.25, -0.2) is 0 Å². The normalized spacial score (nSPS) is 24.5. The van der Waals surface area contributed by atoms with Crippen molar-refractivity contribution in [3.8, 4) is 0 Å². The maximum atomic E-state index is 12.5. The molecule has 2 fully saturated rings. The largest absolute Gasteiger partial charge is 0.480 e. The molecule has 1 aromatic rings. The van der Waals surface area contributed by atoms with E-state index in [1.54, 1.807) is 24.3 Å². The first-order valence-corrected chi connectivity index (χ1v) is 9.43. The van der Waals surface area contributed by atoms with Gasteiger partial charge < -0.3 is 15.7 Å². The molecular weight excluding hydrogens is 332 g/mol. The van der Waals surface area contributed by atoms with Gasteiger partial charge in [0.2, 0.25) is 11.8 Å². The molecular formula is C20H26N2O4. The summed E-state index contributed by atoms with van der Waals surface area (Å²) in [4.78, 5) is 34.6. The van der Waals surface area contributed by atoms with Crippen molar-refractivity contribution in [1.82, 2.24) is 5.32 Å². The number of carboxylic acid groups (broad SMARTS) is 1. The third kappa shape index (κ3) is 4.84. The van der Waals surface area contributed by atoms with Gasteiger partial charge in [-0.05, 0) is 42.4 Å². The van der Waals surface area contributed by atoms with Crippen LogP contribution in [0.1, 0.15) is 44.1 Å². The molecule has 0 saturated heterocycles. The third-order valence-corrected chi connectivity index (χ3v) is 5.48. The van der Waals surface area contributed by atoms with Crippen LogP contribution in [0.5, 0.6) is 0 Å². The summed E-state index contributed by atoms with van der Waals surface area (Å²) in [5.74, 6) is 0.00487. The Morgan fingerprint density at radius 1 is 0.962 bits per heavy atom. The van der Waals surface area contributed by atoms with Crippen molar-refractivity contribution in [2.45, 2.75) is 44.9 Å². The number of anilines is 1. The zero-order valence-corrected chi connectivity index (χ0v) is 14.9. The number of benzene rings is 1. The van der Waals surface area contributed by atoms with E-state index >= 15 is 0 Å². The number of rotatable bonds is 6. The fraction of sp³-hybridized carbons (Fsp3) is 0.550. The van der Waals surface area contributed by atoms with E-state index in [0.717, 1.165) is 11.3 Å². The molecule has 2 aliphatic rings. The van der Waals surface area contributed by atoms with Gasteiger partial charge in [-0.1, -0.05) is 37.8 Å². The number of carboxylic acids is 1. The van der Waals surface area contributed by atoms with E-state index in [1.807, 2.05) is 0 Å². The standard InChI is InChI=1S/C20H26N2O4/c23-17(21-12-18(24)25)11-13-7-9-14(10-8-13)22-20(26)19-15-5-3-1-2-4-6-16(15)19/h7-10,15-16,19H,1-6,11-12H2,(H,21,23)(H,22,26)(H,24,25). The van der Waals surface area contributed by atoms with Crippen LogP contribution in [0.4, 0.5) is 5.69 Å². The molecule has 3 rings (SSSR count). The lowest BCUT2D eigenvalue weighted by molar-refractivity contribution is -0.137. The average molecular weight is 358 g/mol. The van der Waals surface area contributed by atoms with Gasteiger partial charge in [-0.15, -0.1) is 0 Å². The van der Waals surface area contributed by atoms with Crippen LogP contribution in [-0.2, 0) is 20.8 Å². The smallest absolute Gasteiger partial charge is 0.322 e. The summed E-state index contributed by atoms with van der Waals surface area (Å²) in [6, 6.07) is 7.16. The zero-order chi connectivity index (χ0) is 18.5. The van der Waals surface area contributed by atoms with E-state index in [-0.39, 0.29) is 30.7 Å². The number of nitrogens with one attached hydrogen (secondary N) is 2. The molecule has 0 spiro atoms. The van der Waals surface area contributed by atoms with Crippen molar-refractivity contribution in [2.75, 3.05) is 11.9 Å². The summed E-state index contributed by atoms with van der Waals surface area (Å²) in [5, 5.41) is 13.9. The molecule has 0 aromatic heterocycles. The molecule has 0 radical (unpaired) electrons. The van der Waals surface area contributed by atoms with Gasteiger partial charge in [0.05, 0.1) is 6.42 Å². The maximum Gasteiger partial charge on any atom is 0.322 e. The molecule has 26 heavy (non-hydrogen) atoms. The molecule has 6 nitrogen and oxygen atoms in total. The molecule has 0 bridgehead atoms. The highest BCUT2D eigenvalue weighted by molar-refractivity contribution is 5.95. The SMILES string of the molecule is O=C(O)CNC(=O)Cc1ccc(NC(=O)C2C3CCCCCCC32)cc1. The van der Waals surface area contributed by atoms with Gasteiger partial charge in [0.25, 0.3) is 0 Å². The van der Waals surface area contributed by atoms with E-state index in [4.69, 9.17) is 5.11 Å². The molecule has 2 saturated carbocycles. The van der Waals surface area contributed by atoms with E-state index < -0.39 is 5.97 Å². The van der Waals surface area contributed by atoms with E-state index in [9.17, 15) is 14.4 Å². The molecule has 1 aromatic carbocycles. The summed E-state index contributed by atoms with van der Waals surface area (Å²) >= 11 is 0. The Morgan fingerprint density at radius 2 is 1.58 bits per heavy atom. The van der Waals surface area contributed by atoms with Crippen LogP contribution >= 0.6 is 0 Å². The fourth-order valence-corrected chi connectivity index (χ4v) is 4.09. The minimum Gasteiger partial charge on any atom is -0.480 e. The van der Waals surface area contributed by atoms with E-state index in [0.29, 0.717) is 11.8 Å². The van der Waals surface area contributed by atoms with Gasteiger partial charge in [-0.3, -0.25) is 14.4 Å². The number of hydrogen-bond donors (Lipinski definition) is 3. The maximum absolute atomic E-state index is 12.5. The summed E-state index contributed by atoms with van der Waals surface area (Å²) in [6.07, 6.45) is 7.53. The Hall–Kier alpha value is -2.37. The van der Waals surface area contributed by atoms with Gasteiger partial charge in [0.15, 0.2) is 0 Å². The van der Waals surface area contributed by atoms with E-state index in [2.05, 4.69) is 10.6 Å². The molecule has 3 N–H and O–H groups in total. The minimum absolute atomic E-state index is 0.119. The van der Waals surface area contributed by atoms with Crippen molar-refractivity contribution < 1.29 is 19.5 Å². The first-order chi connectivity index (χ1) is 12.5. The second kappa shape index (κ2) is 8.34. The Morgan fingerprint density at radius 3 is 2.15 bits per heavy atom. The quantitative estimate of drug-likeness (QED) is 0.728. The number of fused-ring (bicyclic) bond motifs is 1. The second-order valence-corrected chi connectivity index (χ2v) is 7.38. The number of carbonyl (C=O) groups excluding carboxylic acids is 2. The number of carbonyl (C=O) groups is 3. The molecule has 2 atom stereocenters. The Bertz CT molecular complexity index is 657. The lowest BCUT2D eigenvalue weighted by atomic mass is 10.0. The average Bonchev–Trinajstić information content (AvgIpc) is 3.26. The predicted molar refractivity (Wildman–Crippen MR) is 97.6 cm³/mol. The summed E-state index contributed by atoms with van der Waals surface area (Å²) in [7, 11) is 0. The molecule has 2 unspecified atom stereocenters. The van der Waals surface area contributed by atoms with Crippen LogP contribution in [0, 0.1) is 17.8 Å². The summed E-state index contributed by atoms with van der Waals surface area (Å²) < 4.78 is 0. The predicted octanol–water partition coefficient (Wildman–Crippen LogP) is 2.58. The minimum atomic E-state index is -1.07. The fourth-order valence-electron chi connectivity index (χ4n) is 4.09. The lowest BCUT2D eigenvalue weighted by Gasteiger charge is -2.07. The van der Waals surface area contributed by atoms with Gasteiger partial charge >= 0.3 is 5.97 Å². The first-order valence-electron chi connectivity index (χ1n) is 9.43. The zero-order valence-electron chi connectivity index (χ0n) is 14.9. The first kappa shape index (κ1) is 18.4. The van der Waals surface area contributed by atoms with Crippen LogP contribution in [0.3, 0.4) is 0 Å². The van der Waals surface area contributed by atoms with Crippen LogP contribution < -0.4 is 10.6 Å². The van der Waals surface area contributed by atoms with Crippen LogP contribution in [0.15, 0.2) is 24.3 Å². The Labute approximate surface area is 153 Å². The van der Waals surface area contributed by atoms with Gasteiger partial charge in [0, 0.05) is 11.6 Å². The Kier molecular flexibility index (Phi) is 5.91. The van der Waals surface area contributed by atoms with E-state index in [1.165, 1.54) is 38.5 Å². The highest BCUT2D eigenvalue weighted by Crippen LogP contribution is 2.53. The highest BCUT2D eigenvalue weighted by atomic mass is 16.4. The van der Waals surface area contributed by atoms with Crippen LogP contribution in [0.2, 0.25) is 0 Å². The van der Waals surface area contributed by atoms with Crippen molar-refractivity contribution in [2.24, 2.45) is 17.8 Å². The van der Waals surface area contributed by atoms with Crippen LogP contribution in [0.25, 0.3) is 0 Å². The Balaban J connectivity index is 1.49. The molecule has 0 heterocycles. The summed E-state index contributed by atoms with van der Waals surface area (Å²) in [5.41, 5.74) is 1.52. The molecule has 0 aliphatic heterocycles. The third-order valence-electron chi connectivity index (χ3n) is 5.48. The molecule has 6 heteroatoms. The number of amides is 2. The molecule has 2 amide bonds. The van der Waals surface area contributed by atoms with Crippen LogP contribution in [-0.4, -0.2) is 29.4 Å². The monoisotopic (exact) mass is 358 g/mol. The van der Waals surface area contributed by atoms with Crippen molar-refractivity contribution in [3.63, 3.8) is 0 Å². The summed E-state index contributed by atoms with van der Waals surface area (Å²) in [6.45, 7) is -0.378. The lowest BCUT2D eigenvalue weighted by Crippen LogP contribution is -2.30. The number of hydrogen-bond acceptors (Lipinski definition) is 3. The van der Waals surface area contributed by atoms with Gasteiger partial charge in [-0.2, -0.15) is 0 Å². The number of aliphatic carboxylic acids is 1. The van der Waals surface area contributed by atoms with Gasteiger partial charge in [0.1, 0.15) is 6.54 Å².